The van der Waals surface area contributed by atoms with Crippen molar-refractivity contribution < 1.29 is 0 Å². The van der Waals surface area contributed by atoms with Crippen molar-refractivity contribution in [2.75, 3.05) is 5.32 Å². The summed E-state index contributed by atoms with van der Waals surface area (Å²) in [5, 5.41) is 15.6. The van der Waals surface area contributed by atoms with Crippen molar-refractivity contribution in [1.82, 2.24) is 20.0 Å². The van der Waals surface area contributed by atoms with E-state index in [1.807, 2.05) is 13.2 Å². The van der Waals surface area contributed by atoms with Gasteiger partial charge in [0.25, 0.3) is 0 Å². The first-order chi connectivity index (χ1) is 8.60. The fourth-order valence-corrected chi connectivity index (χ4v) is 2.00. The molecule has 0 unspecified atom stereocenters. The van der Waals surface area contributed by atoms with Crippen molar-refractivity contribution >= 4 is 28.9 Å². The molecule has 0 aliphatic carbocycles. The molecule has 2 aromatic rings. The van der Waals surface area contributed by atoms with E-state index in [2.05, 4.69) is 27.5 Å². The van der Waals surface area contributed by atoms with Crippen LogP contribution in [-0.2, 0) is 20.0 Å². The Morgan fingerprint density at radius 1 is 1.33 bits per heavy atom. The first-order valence-electron chi connectivity index (χ1n) is 5.54. The molecule has 0 saturated heterocycles. The maximum atomic E-state index is 5.93. The Morgan fingerprint density at radius 3 is 2.83 bits per heavy atom. The summed E-state index contributed by atoms with van der Waals surface area (Å²) in [4.78, 5) is 0. The smallest absolute Gasteiger partial charge is 0.174 e. The maximum Gasteiger partial charge on any atom is 0.174 e. The van der Waals surface area contributed by atoms with Crippen LogP contribution in [-0.4, -0.2) is 20.0 Å². The second kappa shape index (κ2) is 5.54. The SMILES string of the molecule is CCc1nn(C)cc1CNc1cc(Cl)nnc1Cl. The van der Waals surface area contributed by atoms with E-state index in [1.165, 1.54) is 0 Å². The standard InChI is InChI=1S/C11H13Cl2N5/c1-3-8-7(6-18(2)17-8)5-14-9-4-10(12)15-16-11(9)13/h4,6H,3,5H2,1-2H3,(H,14,15). The fourth-order valence-electron chi connectivity index (χ4n) is 1.70. The van der Waals surface area contributed by atoms with Gasteiger partial charge in [0.1, 0.15) is 0 Å². The Bertz CT molecular complexity index is 552. The third-order valence-corrected chi connectivity index (χ3v) is 2.98. The summed E-state index contributed by atoms with van der Waals surface area (Å²) in [6, 6.07) is 1.65. The van der Waals surface area contributed by atoms with Gasteiger partial charge < -0.3 is 5.32 Å². The molecule has 2 heterocycles. The van der Waals surface area contributed by atoms with Crippen LogP contribution in [0, 0.1) is 0 Å². The molecule has 96 valence electrons. The van der Waals surface area contributed by atoms with Crippen LogP contribution in [0.4, 0.5) is 5.69 Å². The van der Waals surface area contributed by atoms with Crippen LogP contribution in [0.25, 0.3) is 0 Å². The van der Waals surface area contributed by atoms with E-state index in [0.717, 1.165) is 17.7 Å². The Morgan fingerprint density at radius 2 is 2.11 bits per heavy atom. The van der Waals surface area contributed by atoms with E-state index in [-0.39, 0.29) is 0 Å². The van der Waals surface area contributed by atoms with Crippen LogP contribution in [0.3, 0.4) is 0 Å². The Kier molecular flexibility index (Phi) is 4.04. The molecular formula is C11H13Cl2N5. The summed E-state index contributed by atoms with van der Waals surface area (Å²) in [5.74, 6) is 0. The number of nitrogens with zero attached hydrogens (tertiary/aromatic N) is 4. The van der Waals surface area contributed by atoms with Crippen molar-refractivity contribution in [3.63, 3.8) is 0 Å². The molecule has 0 saturated carbocycles. The first kappa shape index (κ1) is 13.1. The van der Waals surface area contributed by atoms with E-state index in [1.54, 1.807) is 10.7 Å². The minimum atomic E-state index is 0.307. The van der Waals surface area contributed by atoms with Gasteiger partial charge in [-0.2, -0.15) is 5.10 Å². The molecule has 0 aromatic carbocycles. The van der Waals surface area contributed by atoms with Gasteiger partial charge >= 0.3 is 0 Å². The van der Waals surface area contributed by atoms with Gasteiger partial charge in [0.15, 0.2) is 10.3 Å². The summed E-state index contributed by atoms with van der Waals surface area (Å²) in [7, 11) is 1.90. The maximum absolute atomic E-state index is 5.93. The highest BCUT2D eigenvalue weighted by Crippen LogP contribution is 2.21. The van der Waals surface area contributed by atoms with Gasteiger partial charge in [-0.05, 0) is 6.42 Å². The Labute approximate surface area is 115 Å². The van der Waals surface area contributed by atoms with Gasteiger partial charge in [0.05, 0.1) is 11.4 Å². The van der Waals surface area contributed by atoms with Crippen LogP contribution in [0.1, 0.15) is 18.2 Å². The molecule has 0 radical (unpaired) electrons. The van der Waals surface area contributed by atoms with Crippen molar-refractivity contribution in [3.8, 4) is 0 Å². The summed E-state index contributed by atoms with van der Waals surface area (Å²) in [6.07, 6.45) is 2.87. The van der Waals surface area contributed by atoms with Gasteiger partial charge in [-0.3, -0.25) is 4.68 Å². The van der Waals surface area contributed by atoms with Crippen molar-refractivity contribution in [3.05, 3.63) is 33.8 Å². The average molecular weight is 286 g/mol. The minimum absolute atomic E-state index is 0.307. The average Bonchev–Trinajstić information content (AvgIpc) is 2.71. The van der Waals surface area contributed by atoms with Crippen LogP contribution in [0.5, 0.6) is 0 Å². The molecule has 0 aliphatic rings. The van der Waals surface area contributed by atoms with Gasteiger partial charge in [0, 0.05) is 31.4 Å². The first-order valence-corrected chi connectivity index (χ1v) is 6.29. The van der Waals surface area contributed by atoms with Gasteiger partial charge in [0.2, 0.25) is 0 Å². The fraction of sp³-hybridized carbons (Fsp3) is 0.364. The molecular weight excluding hydrogens is 273 g/mol. The lowest BCUT2D eigenvalue weighted by Crippen LogP contribution is -2.03. The van der Waals surface area contributed by atoms with E-state index in [0.29, 0.717) is 22.5 Å². The molecule has 0 fully saturated rings. The van der Waals surface area contributed by atoms with Crippen molar-refractivity contribution in [1.29, 1.82) is 0 Å². The third-order valence-electron chi connectivity index (χ3n) is 2.51. The number of aryl methyl sites for hydroxylation is 2. The minimum Gasteiger partial charge on any atom is -0.378 e. The van der Waals surface area contributed by atoms with Crippen LogP contribution in [0.15, 0.2) is 12.3 Å². The number of aromatic nitrogens is 4. The number of anilines is 1. The lowest BCUT2D eigenvalue weighted by molar-refractivity contribution is 0.746. The molecule has 0 atom stereocenters. The molecule has 0 amide bonds. The normalized spacial score (nSPS) is 10.7. The number of rotatable bonds is 4. The summed E-state index contributed by atoms with van der Waals surface area (Å²) in [5.41, 5.74) is 2.86. The largest absolute Gasteiger partial charge is 0.378 e. The van der Waals surface area contributed by atoms with E-state index in [9.17, 15) is 0 Å². The van der Waals surface area contributed by atoms with Crippen LogP contribution >= 0.6 is 23.2 Å². The van der Waals surface area contributed by atoms with Gasteiger partial charge in [-0.1, -0.05) is 30.1 Å². The lowest BCUT2D eigenvalue weighted by Gasteiger charge is -2.07. The molecule has 0 bridgehead atoms. The zero-order valence-corrected chi connectivity index (χ0v) is 11.6. The predicted octanol–water partition coefficient (Wildman–Crippen LogP) is 2.69. The van der Waals surface area contributed by atoms with Gasteiger partial charge in [-0.15, -0.1) is 10.2 Å². The second-order valence-electron chi connectivity index (χ2n) is 3.85. The highest BCUT2D eigenvalue weighted by molar-refractivity contribution is 6.33. The molecule has 2 aromatic heterocycles. The summed E-state index contributed by atoms with van der Waals surface area (Å²) < 4.78 is 1.80. The number of nitrogens with one attached hydrogen (secondary N) is 1. The molecule has 1 N–H and O–H groups in total. The Hall–Kier alpha value is -1.33. The zero-order valence-electron chi connectivity index (χ0n) is 10.1. The molecule has 2 rings (SSSR count). The van der Waals surface area contributed by atoms with E-state index < -0.39 is 0 Å². The predicted molar refractivity (Wildman–Crippen MR) is 72.0 cm³/mol. The molecule has 18 heavy (non-hydrogen) atoms. The molecule has 7 heteroatoms. The van der Waals surface area contributed by atoms with Crippen LogP contribution < -0.4 is 5.32 Å². The van der Waals surface area contributed by atoms with Crippen LogP contribution in [0.2, 0.25) is 10.3 Å². The van der Waals surface area contributed by atoms with Crippen molar-refractivity contribution in [2.24, 2.45) is 7.05 Å². The van der Waals surface area contributed by atoms with E-state index in [4.69, 9.17) is 23.2 Å². The van der Waals surface area contributed by atoms with Crippen molar-refractivity contribution in [2.45, 2.75) is 19.9 Å². The molecule has 0 spiro atoms. The molecule has 5 nitrogen and oxygen atoms in total. The summed E-state index contributed by atoms with van der Waals surface area (Å²) >= 11 is 11.7. The summed E-state index contributed by atoms with van der Waals surface area (Å²) in [6.45, 7) is 2.70. The monoisotopic (exact) mass is 285 g/mol. The number of hydrogen-bond donors (Lipinski definition) is 1. The third kappa shape index (κ3) is 2.91. The van der Waals surface area contributed by atoms with Gasteiger partial charge in [-0.25, -0.2) is 0 Å². The molecule has 0 aliphatic heterocycles. The highest BCUT2D eigenvalue weighted by Gasteiger charge is 2.08. The quantitative estimate of drug-likeness (QED) is 0.938. The number of halogens is 2. The highest BCUT2D eigenvalue weighted by atomic mass is 35.5. The zero-order chi connectivity index (χ0) is 13.1. The second-order valence-corrected chi connectivity index (χ2v) is 4.60. The number of hydrogen-bond acceptors (Lipinski definition) is 4. The topological polar surface area (TPSA) is 55.6 Å². The lowest BCUT2D eigenvalue weighted by atomic mass is 10.2. The Balaban J connectivity index is 2.13. The van der Waals surface area contributed by atoms with E-state index >= 15 is 0 Å².